The predicted octanol–water partition coefficient (Wildman–Crippen LogP) is 7.00. The molecule has 26 heavy (non-hydrogen) atoms. The van der Waals surface area contributed by atoms with E-state index >= 15 is 0 Å². The Hall–Kier alpha value is -1.18. The molecular formula is C24H40N2. The lowest BCUT2D eigenvalue weighted by Crippen LogP contribution is -2.45. The SMILES string of the molecule is CC(C)CC(C)Nc1ccc(N(C2CCCCC2)C2CCCCC2)cc1. The smallest absolute Gasteiger partial charge is 0.0372 e. The standard InChI is InChI=1S/C24H40N2/c1-19(2)18-20(3)25-21-14-16-24(17-15-21)26(22-10-6-4-7-11-22)23-12-8-5-9-13-23/h14-17,19-20,22-23,25H,4-13,18H2,1-3H3. The Bertz CT molecular complexity index is 492. The minimum atomic E-state index is 0.536. The van der Waals surface area contributed by atoms with E-state index in [1.807, 2.05) is 0 Å². The van der Waals surface area contributed by atoms with Crippen LogP contribution in [0.1, 0.15) is 91.4 Å². The zero-order valence-electron chi connectivity index (χ0n) is 17.3. The first-order valence-corrected chi connectivity index (χ1v) is 11.3. The van der Waals surface area contributed by atoms with Crippen LogP contribution in [0.15, 0.2) is 24.3 Å². The second-order valence-corrected chi connectivity index (χ2v) is 9.21. The molecule has 2 saturated carbocycles. The third-order valence-corrected chi connectivity index (χ3v) is 6.34. The molecule has 0 amide bonds. The van der Waals surface area contributed by atoms with Gasteiger partial charge in [-0.3, -0.25) is 0 Å². The van der Waals surface area contributed by atoms with Crippen molar-refractivity contribution in [3.8, 4) is 0 Å². The van der Waals surface area contributed by atoms with E-state index in [2.05, 4.69) is 55.3 Å². The van der Waals surface area contributed by atoms with Gasteiger partial charge < -0.3 is 10.2 Å². The molecule has 146 valence electrons. The summed E-state index contributed by atoms with van der Waals surface area (Å²) in [7, 11) is 0. The van der Waals surface area contributed by atoms with Gasteiger partial charge in [-0.2, -0.15) is 0 Å². The van der Waals surface area contributed by atoms with Gasteiger partial charge in [-0.05, 0) is 69.2 Å². The van der Waals surface area contributed by atoms with E-state index in [4.69, 9.17) is 0 Å². The van der Waals surface area contributed by atoms with Gasteiger partial charge in [-0.15, -0.1) is 0 Å². The van der Waals surface area contributed by atoms with Crippen molar-refractivity contribution in [1.82, 2.24) is 0 Å². The Labute approximate surface area is 161 Å². The number of hydrogen-bond donors (Lipinski definition) is 1. The quantitative estimate of drug-likeness (QED) is 0.565. The third-order valence-electron chi connectivity index (χ3n) is 6.34. The molecule has 0 aromatic heterocycles. The van der Waals surface area contributed by atoms with Gasteiger partial charge in [0.2, 0.25) is 0 Å². The molecule has 1 aromatic carbocycles. The number of hydrogen-bond acceptors (Lipinski definition) is 2. The van der Waals surface area contributed by atoms with Crippen molar-refractivity contribution in [2.45, 2.75) is 110 Å². The van der Waals surface area contributed by atoms with E-state index in [0.717, 1.165) is 18.0 Å². The molecule has 0 aliphatic heterocycles. The molecule has 2 aliphatic carbocycles. The summed E-state index contributed by atoms with van der Waals surface area (Å²) in [4.78, 5) is 2.83. The maximum atomic E-state index is 3.68. The average molecular weight is 357 g/mol. The van der Waals surface area contributed by atoms with Crippen LogP contribution < -0.4 is 10.2 Å². The highest BCUT2D eigenvalue weighted by Crippen LogP contribution is 2.34. The van der Waals surface area contributed by atoms with Crippen LogP contribution in [0, 0.1) is 5.92 Å². The molecule has 1 atom stereocenters. The van der Waals surface area contributed by atoms with Gasteiger partial charge in [-0.1, -0.05) is 52.4 Å². The summed E-state index contributed by atoms with van der Waals surface area (Å²) in [5.41, 5.74) is 2.74. The number of rotatable bonds is 7. The fraction of sp³-hybridized carbons (Fsp3) is 0.750. The van der Waals surface area contributed by atoms with Crippen LogP contribution >= 0.6 is 0 Å². The van der Waals surface area contributed by atoms with Crippen LogP contribution in [0.4, 0.5) is 11.4 Å². The summed E-state index contributed by atoms with van der Waals surface area (Å²) in [6, 6.07) is 11.5. The molecule has 2 aliphatic rings. The van der Waals surface area contributed by atoms with E-state index in [9.17, 15) is 0 Å². The number of benzene rings is 1. The monoisotopic (exact) mass is 356 g/mol. The van der Waals surface area contributed by atoms with Crippen LogP contribution in [-0.4, -0.2) is 18.1 Å². The first-order valence-electron chi connectivity index (χ1n) is 11.3. The molecule has 0 bridgehead atoms. The minimum Gasteiger partial charge on any atom is -0.383 e. The molecule has 1 aromatic rings. The van der Waals surface area contributed by atoms with Crippen LogP contribution in [0.2, 0.25) is 0 Å². The van der Waals surface area contributed by atoms with Gasteiger partial charge in [0.15, 0.2) is 0 Å². The molecule has 1 N–H and O–H groups in total. The van der Waals surface area contributed by atoms with Crippen molar-refractivity contribution in [3.05, 3.63) is 24.3 Å². The van der Waals surface area contributed by atoms with E-state index in [-0.39, 0.29) is 0 Å². The number of anilines is 2. The zero-order valence-corrected chi connectivity index (χ0v) is 17.3. The molecule has 0 spiro atoms. The molecule has 0 heterocycles. The van der Waals surface area contributed by atoms with Gasteiger partial charge >= 0.3 is 0 Å². The summed E-state index contributed by atoms with van der Waals surface area (Å²) in [6.45, 7) is 6.89. The molecule has 0 radical (unpaired) electrons. The Kier molecular flexibility index (Phi) is 7.28. The summed E-state index contributed by atoms with van der Waals surface area (Å²) < 4.78 is 0. The van der Waals surface area contributed by atoms with E-state index in [0.29, 0.717) is 6.04 Å². The van der Waals surface area contributed by atoms with Crippen molar-refractivity contribution < 1.29 is 0 Å². The van der Waals surface area contributed by atoms with Crippen molar-refractivity contribution >= 4 is 11.4 Å². The predicted molar refractivity (Wildman–Crippen MR) is 115 cm³/mol. The van der Waals surface area contributed by atoms with Gasteiger partial charge in [0.1, 0.15) is 0 Å². The Morgan fingerprint density at radius 3 is 1.77 bits per heavy atom. The fourth-order valence-electron chi connectivity index (χ4n) is 5.22. The van der Waals surface area contributed by atoms with Crippen LogP contribution in [-0.2, 0) is 0 Å². The normalized spacial score (nSPS) is 20.9. The Morgan fingerprint density at radius 1 is 0.808 bits per heavy atom. The van der Waals surface area contributed by atoms with Gasteiger partial charge in [-0.25, -0.2) is 0 Å². The van der Waals surface area contributed by atoms with Crippen molar-refractivity contribution in [3.63, 3.8) is 0 Å². The second kappa shape index (κ2) is 9.67. The Balaban J connectivity index is 1.71. The lowest BCUT2D eigenvalue weighted by Gasteiger charge is -2.43. The van der Waals surface area contributed by atoms with Gasteiger partial charge in [0.25, 0.3) is 0 Å². The molecule has 2 fully saturated rings. The third kappa shape index (κ3) is 5.41. The molecule has 1 unspecified atom stereocenters. The van der Waals surface area contributed by atoms with Crippen molar-refractivity contribution in [2.75, 3.05) is 10.2 Å². The maximum Gasteiger partial charge on any atom is 0.0372 e. The summed E-state index contributed by atoms with van der Waals surface area (Å²) in [6.07, 6.45) is 15.3. The van der Waals surface area contributed by atoms with E-state index in [1.54, 1.807) is 0 Å². The van der Waals surface area contributed by atoms with E-state index in [1.165, 1.54) is 82.0 Å². The minimum absolute atomic E-state index is 0.536. The highest BCUT2D eigenvalue weighted by Gasteiger charge is 2.29. The highest BCUT2D eigenvalue weighted by atomic mass is 15.2. The molecule has 2 heteroatoms. The molecule has 3 rings (SSSR count). The molecule has 2 nitrogen and oxygen atoms in total. The topological polar surface area (TPSA) is 15.3 Å². The maximum absolute atomic E-state index is 3.68. The Morgan fingerprint density at radius 2 is 1.31 bits per heavy atom. The first kappa shape index (κ1) is 19.6. The lowest BCUT2D eigenvalue weighted by molar-refractivity contribution is 0.340. The van der Waals surface area contributed by atoms with Crippen LogP contribution in [0.25, 0.3) is 0 Å². The summed E-state index contributed by atoms with van der Waals surface area (Å²) in [5, 5.41) is 3.68. The lowest BCUT2D eigenvalue weighted by atomic mass is 9.88. The largest absolute Gasteiger partial charge is 0.383 e. The zero-order chi connectivity index (χ0) is 18.4. The van der Waals surface area contributed by atoms with E-state index < -0.39 is 0 Å². The van der Waals surface area contributed by atoms with Gasteiger partial charge in [0, 0.05) is 29.5 Å². The second-order valence-electron chi connectivity index (χ2n) is 9.21. The van der Waals surface area contributed by atoms with Crippen LogP contribution in [0.5, 0.6) is 0 Å². The number of nitrogens with zero attached hydrogens (tertiary/aromatic N) is 1. The fourth-order valence-corrected chi connectivity index (χ4v) is 5.22. The summed E-state index contributed by atoms with van der Waals surface area (Å²) >= 11 is 0. The number of nitrogens with one attached hydrogen (secondary N) is 1. The average Bonchev–Trinajstić information content (AvgIpc) is 2.64. The first-order chi connectivity index (χ1) is 12.6. The molecular weight excluding hydrogens is 316 g/mol. The van der Waals surface area contributed by atoms with Crippen molar-refractivity contribution in [1.29, 1.82) is 0 Å². The van der Waals surface area contributed by atoms with Crippen molar-refractivity contribution in [2.24, 2.45) is 5.92 Å². The summed E-state index contributed by atoms with van der Waals surface area (Å²) in [5.74, 6) is 0.741. The highest BCUT2D eigenvalue weighted by molar-refractivity contribution is 5.56. The van der Waals surface area contributed by atoms with Crippen LogP contribution in [0.3, 0.4) is 0 Å². The molecule has 0 saturated heterocycles. The van der Waals surface area contributed by atoms with Gasteiger partial charge in [0.05, 0.1) is 0 Å².